The van der Waals surface area contributed by atoms with E-state index in [1.807, 2.05) is 26.8 Å². The maximum atomic E-state index is 12.5. The Morgan fingerprint density at radius 3 is 2.41 bits per heavy atom. The Balaban J connectivity index is 2.66. The fourth-order valence-corrected chi connectivity index (χ4v) is 3.42. The third kappa shape index (κ3) is 7.12. The summed E-state index contributed by atoms with van der Waals surface area (Å²) in [7, 11) is 1.64. The van der Waals surface area contributed by atoms with Crippen LogP contribution in [-0.2, 0) is 17.8 Å². The molecule has 0 saturated heterocycles. The van der Waals surface area contributed by atoms with Gasteiger partial charge in [0, 0.05) is 25.8 Å². The van der Waals surface area contributed by atoms with Crippen LogP contribution in [0, 0.1) is 6.92 Å². The average molecular weight is 478 g/mol. The number of ether oxygens (including phenoxy) is 2. The summed E-state index contributed by atoms with van der Waals surface area (Å²) >= 11 is 0. The van der Waals surface area contributed by atoms with Crippen LogP contribution in [0.3, 0.4) is 0 Å². The standard InChI is InChI=1S/C26H30F3NO4/c1-6-17(3)16-33-25-18(4)23(19-8-10-21(11-9-19)34-26(27,28)29)14-20(22(25)12-13-31)15-30(5)24(32)7-2/h7-11,14,16,31H,2,6,12-13,15H2,1,3-5H3/b17-16+. The predicted molar refractivity (Wildman–Crippen MR) is 125 cm³/mol. The first-order valence-corrected chi connectivity index (χ1v) is 10.8. The zero-order valence-electron chi connectivity index (χ0n) is 19.8. The van der Waals surface area contributed by atoms with E-state index in [4.69, 9.17) is 4.74 Å². The second-order valence-electron chi connectivity index (χ2n) is 7.90. The number of alkyl halides is 3. The molecule has 0 aliphatic rings. The molecule has 2 rings (SSSR count). The molecule has 5 nitrogen and oxygen atoms in total. The van der Waals surface area contributed by atoms with Crippen LogP contribution >= 0.6 is 0 Å². The van der Waals surface area contributed by atoms with Gasteiger partial charge in [0.05, 0.1) is 6.26 Å². The molecule has 0 fully saturated rings. The zero-order chi connectivity index (χ0) is 25.5. The molecule has 0 aromatic heterocycles. The lowest BCUT2D eigenvalue weighted by molar-refractivity contribution is -0.274. The van der Waals surface area contributed by atoms with Gasteiger partial charge in [0.15, 0.2) is 0 Å². The number of rotatable bonds is 10. The summed E-state index contributed by atoms with van der Waals surface area (Å²) in [5.41, 5.74) is 4.66. The highest BCUT2D eigenvalue weighted by molar-refractivity contribution is 5.86. The molecule has 0 radical (unpaired) electrons. The van der Waals surface area contributed by atoms with Gasteiger partial charge in [-0.25, -0.2) is 0 Å². The third-order valence-electron chi connectivity index (χ3n) is 5.38. The molecule has 0 spiro atoms. The Bertz CT molecular complexity index is 1040. The number of aliphatic hydroxyl groups excluding tert-OH is 1. The number of likely N-dealkylation sites (N-methyl/N-ethyl adjacent to an activating group) is 1. The van der Waals surface area contributed by atoms with Crippen molar-refractivity contribution >= 4 is 5.91 Å². The molecule has 8 heteroatoms. The van der Waals surface area contributed by atoms with Crippen molar-refractivity contribution in [3.8, 4) is 22.6 Å². The van der Waals surface area contributed by atoms with Crippen molar-refractivity contribution in [3.05, 3.63) is 71.5 Å². The summed E-state index contributed by atoms with van der Waals surface area (Å²) in [5.74, 6) is -0.0420. The Labute approximate surface area is 198 Å². The van der Waals surface area contributed by atoms with E-state index >= 15 is 0 Å². The quantitative estimate of drug-likeness (QED) is 0.340. The number of hydrogen-bond donors (Lipinski definition) is 1. The van der Waals surface area contributed by atoms with Crippen LogP contribution < -0.4 is 9.47 Å². The molecule has 2 aromatic carbocycles. The van der Waals surface area contributed by atoms with Gasteiger partial charge in [-0.2, -0.15) is 0 Å². The molecule has 0 unspecified atom stereocenters. The first-order valence-electron chi connectivity index (χ1n) is 10.8. The van der Waals surface area contributed by atoms with Crippen LogP contribution in [0.5, 0.6) is 11.5 Å². The minimum atomic E-state index is -4.77. The molecule has 0 aliphatic heterocycles. The zero-order valence-corrected chi connectivity index (χ0v) is 19.8. The normalized spacial score (nSPS) is 11.8. The summed E-state index contributed by atoms with van der Waals surface area (Å²) in [6.45, 7) is 9.40. The van der Waals surface area contributed by atoms with Crippen molar-refractivity contribution in [3.63, 3.8) is 0 Å². The van der Waals surface area contributed by atoms with Crippen molar-refractivity contribution in [2.45, 2.75) is 46.5 Å². The van der Waals surface area contributed by atoms with E-state index in [9.17, 15) is 23.1 Å². The number of benzene rings is 2. The number of nitrogens with zero attached hydrogens (tertiary/aromatic N) is 1. The molecular formula is C26H30F3NO4. The van der Waals surface area contributed by atoms with Crippen molar-refractivity contribution in [1.29, 1.82) is 0 Å². The van der Waals surface area contributed by atoms with E-state index in [0.29, 0.717) is 17.7 Å². The van der Waals surface area contributed by atoms with Gasteiger partial charge in [0.1, 0.15) is 11.5 Å². The lowest BCUT2D eigenvalue weighted by atomic mass is 9.91. The van der Waals surface area contributed by atoms with E-state index in [2.05, 4.69) is 11.3 Å². The second kappa shape index (κ2) is 11.7. The molecular weight excluding hydrogens is 447 g/mol. The number of allylic oxidation sites excluding steroid dienone is 1. The van der Waals surface area contributed by atoms with Gasteiger partial charge < -0.3 is 19.5 Å². The molecule has 1 N–H and O–H groups in total. The largest absolute Gasteiger partial charge is 0.573 e. The van der Waals surface area contributed by atoms with Gasteiger partial charge >= 0.3 is 6.36 Å². The van der Waals surface area contributed by atoms with Crippen LogP contribution in [0.2, 0.25) is 0 Å². The molecule has 0 bridgehead atoms. The molecule has 2 aromatic rings. The van der Waals surface area contributed by atoms with Crippen molar-refractivity contribution in [2.24, 2.45) is 0 Å². The average Bonchev–Trinajstić information content (AvgIpc) is 2.79. The lowest BCUT2D eigenvalue weighted by Crippen LogP contribution is -2.25. The van der Waals surface area contributed by atoms with Gasteiger partial charge in [0.2, 0.25) is 5.91 Å². The number of hydrogen-bond acceptors (Lipinski definition) is 4. The second-order valence-corrected chi connectivity index (χ2v) is 7.90. The van der Waals surface area contributed by atoms with Crippen molar-refractivity contribution in [2.75, 3.05) is 13.7 Å². The highest BCUT2D eigenvalue weighted by Crippen LogP contribution is 2.38. The van der Waals surface area contributed by atoms with E-state index < -0.39 is 6.36 Å². The number of amides is 1. The Morgan fingerprint density at radius 1 is 1.24 bits per heavy atom. The summed E-state index contributed by atoms with van der Waals surface area (Å²) < 4.78 is 47.7. The van der Waals surface area contributed by atoms with Gasteiger partial charge in [-0.15, -0.1) is 13.2 Å². The first kappa shape index (κ1) is 27.0. The number of aliphatic hydroxyl groups is 1. The fourth-order valence-electron chi connectivity index (χ4n) is 3.42. The van der Waals surface area contributed by atoms with Crippen molar-refractivity contribution < 1.29 is 32.5 Å². The van der Waals surface area contributed by atoms with Crippen LogP contribution in [0.4, 0.5) is 13.2 Å². The molecule has 34 heavy (non-hydrogen) atoms. The summed E-state index contributed by atoms with van der Waals surface area (Å²) in [6, 6.07) is 7.44. The summed E-state index contributed by atoms with van der Waals surface area (Å²) in [6.07, 6.45) is -0.818. The highest BCUT2D eigenvalue weighted by atomic mass is 19.4. The minimum absolute atomic E-state index is 0.124. The van der Waals surface area contributed by atoms with E-state index in [-0.39, 0.29) is 24.8 Å². The fraction of sp³-hybridized carbons (Fsp3) is 0.346. The van der Waals surface area contributed by atoms with Gasteiger partial charge in [-0.1, -0.05) is 25.6 Å². The molecule has 184 valence electrons. The monoisotopic (exact) mass is 477 g/mol. The van der Waals surface area contributed by atoms with Crippen LogP contribution in [0.25, 0.3) is 11.1 Å². The van der Waals surface area contributed by atoms with Crippen LogP contribution in [0.15, 0.2) is 54.8 Å². The predicted octanol–water partition coefficient (Wildman–Crippen LogP) is 5.93. The van der Waals surface area contributed by atoms with Gasteiger partial charge in [-0.05, 0) is 78.8 Å². The molecule has 0 saturated carbocycles. The van der Waals surface area contributed by atoms with Crippen LogP contribution in [-0.4, -0.2) is 35.9 Å². The van der Waals surface area contributed by atoms with E-state index in [0.717, 1.165) is 34.2 Å². The number of halogens is 3. The van der Waals surface area contributed by atoms with E-state index in [1.165, 1.54) is 35.2 Å². The molecule has 0 aliphatic carbocycles. The number of carbonyl (C=O) groups excluding carboxylic acids is 1. The molecule has 0 heterocycles. The summed E-state index contributed by atoms with van der Waals surface area (Å²) in [5, 5.41) is 9.71. The minimum Gasteiger partial charge on any atom is -0.464 e. The third-order valence-corrected chi connectivity index (χ3v) is 5.38. The SMILES string of the molecule is C=CC(=O)N(C)Cc1cc(-c2ccc(OC(F)(F)F)cc2)c(C)c(O/C=C(\C)CC)c1CCO. The molecule has 0 atom stereocenters. The first-order chi connectivity index (χ1) is 16.0. The van der Waals surface area contributed by atoms with Crippen LogP contribution in [0.1, 0.15) is 37.0 Å². The Morgan fingerprint density at radius 2 is 1.88 bits per heavy atom. The topological polar surface area (TPSA) is 59.0 Å². The maximum Gasteiger partial charge on any atom is 0.573 e. The lowest BCUT2D eigenvalue weighted by Gasteiger charge is -2.23. The van der Waals surface area contributed by atoms with Gasteiger partial charge in [0.25, 0.3) is 0 Å². The van der Waals surface area contributed by atoms with Crippen molar-refractivity contribution in [1.82, 2.24) is 4.90 Å². The highest BCUT2D eigenvalue weighted by Gasteiger charge is 2.31. The van der Waals surface area contributed by atoms with E-state index in [1.54, 1.807) is 13.3 Å². The maximum absolute atomic E-state index is 12.5. The summed E-state index contributed by atoms with van der Waals surface area (Å²) in [4.78, 5) is 13.6. The Kier molecular flexibility index (Phi) is 9.32. The van der Waals surface area contributed by atoms with Gasteiger partial charge in [-0.3, -0.25) is 4.79 Å². The molecule has 1 amide bonds. The Hall–Kier alpha value is -3.26. The number of carbonyl (C=O) groups is 1. The smallest absolute Gasteiger partial charge is 0.464 e.